The zero-order chi connectivity index (χ0) is 14.5. The van der Waals surface area contributed by atoms with E-state index < -0.39 is 0 Å². The number of nitrogen functional groups attached to an aromatic ring is 1. The average Bonchev–Trinajstić information content (AvgIpc) is 2.37. The van der Waals surface area contributed by atoms with E-state index in [9.17, 15) is 0 Å². The highest BCUT2D eigenvalue weighted by molar-refractivity contribution is 7.99. The molecule has 0 aliphatic rings. The number of rotatable bonds is 5. The minimum Gasteiger partial charge on any atom is -0.308 e. The molecule has 0 spiro atoms. The van der Waals surface area contributed by atoms with Crippen molar-refractivity contribution in [2.75, 3.05) is 5.43 Å². The molecular weight excluding hydrogens is 270 g/mol. The van der Waals surface area contributed by atoms with Gasteiger partial charge < -0.3 is 5.43 Å². The fourth-order valence-electron chi connectivity index (χ4n) is 1.90. The summed E-state index contributed by atoms with van der Waals surface area (Å²) < 4.78 is 0. The molecular formula is C14H19N5S. The number of pyridine rings is 1. The average molecular weight is 289 g/mol. The Kier molecular flexibility index (Phi) is 4.92. The van der Waals surface area contributed by atoms with Gasteiger partial charge in [-0.05, 0) is 49.7 Å². The lowest BCUT2D eigenvalue weighted by molar-refractivity contribution is 0.810. The Bertz CT molecular complexity index is 580. The van der Waals surface area contributed by atoms with Crippen molar-refractivity contribution < 1.29 is 0 Å². The van der Waals surface area contributed by atoms with Crippen LogP contribution in [0.5, 0.6) is 0 Å². The van der Waals surface area contributed by atoms with Crippen LogP contribution in [-0.2, 0) is 6.42 Å². The van der Waals surface area contributed by atoms with Gasteiger partial charge in [-0.15, -0.1) is 0 Å². The molecule has 0 atom stereocenters. The topological polar surface area (TPSA) is 76.7 Å². The fraction of sp³-hybridized carbons (Fsp3) is 0.357. The van der Waals surface area contributed by atoms with E-state index in [2.05, 4.69) is 46.4 Å². The van der Waals surface area contributed by atoms with Crippen LogP contribution in [0.3, 0.4) is 0 Å². The highest BCUT2D eigenvalue weighted by Gasteiger charge is 2.07. The number of aromatic nitrogens is 3. The standard InChI is InChI=1S/C14H19N5S/c1-4-5-11-17-12(19-15)8-14(18-11)20-13-7-9(2)6-10(3)16-13/h6-8H,4-5,15H2,1-3H3,(H,17,18,19). The first-order valence-electron chi connectivity index (χ1n) is 6.58. The SMILES string of the molecule is CCCc1nc(NN)cc(Sc2cc(C)cc(C)n2)n1. The van der Waals surface area contributed by atoms with Gasteiger partial charge in [0.05, 0.1) is 0 Å². The van der Waals surface area contributed by atoms with Gasteiger partial charge in [-0.3, -0.25) is 0 Å². The largest absolute Gasteiger partial charge is 0.308 e. The number of aryl methyl sites for hydroxylation is 3. The van der Waals surface area contributed by atoms with Gasteiger partial charge in [-0.1, -0.05) is 6.92 Å². The third kappa shape index (κ3) is 3.91. The van der Waals surface area contributed by atoms with Crippen molar-refractivity contribution in [3.8, 4) is 0 Å². The molecule has 0 saturated carbocycles. The maximum absolute atomic E-state index is 5.46. The fourth-order valence-corrected chi connectivity index (χ4v) is 2.87. The molecule has 0 saturated heterocycles. The van der Waals surface area contributed by atoms with Crippen LogP contribution in [0.15, 0.2) is 28.3 Å². The Morgan fingerprint density at radius 1 is 1.10 bits per heavy atom. The minimum absolute atomic E-state index is 0.635. The second kappa shape index (κ2) is 6.67. The van der Waals surface area contributed by atoms with E-state index >= 15 is 0 Å². The summed E-state index contributed by atoms with van der Waals surface area (Å²) in [6.07, 6.45) is 1.84. The van der Waals surface area contributed by atoms with E-state index in [-0.39, 0.29) is 0 Å². The molecule has 0 fully saturated rings. The quantitative estimate of drug-likeness (QED) is 0.501. The molecule has 3 N–H and O–H groups in total. The van der Waals surface area contributed by atoms with Gasteiger partial charge in [-0.25, -0.2) is 20.8 Å². The molecule has 2 heterocycles. The van der Waals surface area contributed by atoms with Crippen LogP contribution < -0.4 is 11.3 Å². The predicted octanol–water partition coefficient (Wildman–Crippen LogP) is 2.88. The molecule has 106 valence electrons. The van der Waals surface area contributed by atoms with E-state index in [1.165, 1.54) is 17.3 Å². The van der Waals surface area contributed by atoms with E-state index in [1.54, 1.807) is 0 Å². The molecule has 2 rings (SSSR count). The normalized spacial score (nSPS) is 10.6. The smallest absolute Gasteiger partial charge is 0.144 e. The van der Waals surface area contributed by atoms with Gasteiger partial charge >= 0.3 is 0 Å². The monoisotopic (exact) mass is 289 g/mol. The Hall–Kier alpha value is -1.66. The summed E-state index contributed by atoms with van der Waals surface area (Å²) in [7, 11) is 0. The molecule has 0 aromatic carbocycles. The number of hydrogen-bond donors (Lipinski definition) is 2. The van der Waals surface area contributed by atoms with E-state index in [0.29, 0.717) is 5.82 Å². The Morgan fingerprint density at radius 2 is 1.85 bits per heavy atom. The molecule has 0 aliphatic heterocycles. The predicted molar refractivity (Wildman–Crippen MR) is 81.7 cm³/mol. The van der Waals surface area contributed by atoms with Crippen molar-refractivity contribution in [2.24, 2.45) is 5.84 Å². The molecule has 6 heteroatoms. The number of nitrogens with one attached hydrogen (secondary N) is 1. The third-order valence-corrected chi connectivity index (χ3v) is 3.49. The zero-order valence-electron chi connectivity index (χ0n) is 12.0. The van der Waals surface area contributed by atoms with Crippen LogP contribution in [-0.4, -0.2) is 15.0 Å². The molecule has 5 nitrogen and oxygen atoms in total. The molecule has 2 aromatic heterocycles. The molecule has 0 aliphatic carbocycles. The van der Waals surface area contributed by atoms with Crippen LogP contribution in [0.25, 0.3) is 0 Å². The Morgan fingerprint density at radius 3 is 2.50 bits per heavy atom. The summed E-state index contributed by atoms with van der Waals surface area (Å²) in [5.41, 5.74) is 4.79. The van der Waals surface area contributed by atoms with Gasteiger partial charge in [0.2, 0.25) is 0 Å². The summed E-state index contributed by atoms with van der Waals surface area (Å²) in [4.78, 5) is 13.4. The highest BCUT2D eigenvalue weighted by Crippen LogP contribution is 2.27. The van der Waals surface area contributed by atoms with Crippen molar-refractivity contribution in [3.63, 3.8) is 0 Å². The Balaban J connectivity index is 2.29. The van der Waals surface area contributed by atoms with E-state index in [1.807, 2.05) is 13.0 Å². The second-order valence-corrected chi connectivity index (χ2v) is 5.67. The van der Waals surface area contributed by atoms with Crippen LogP contribution in [0.4, 0.5) is 5.82 Å². The third-order valence-electron chi connectivity index (χ3n) is 2.65. The summed E-state index contributed by atoms with van der Waals surface area (Å²) in [5, 5.41) is 1.79. The summed E-state index contributed by atoms with van der Waals surface area (Å²) >= 11 is 1.53. The zero-order valence-corrected chi connectivity index (χ0v) is 12.8. The molecule has 0 bridgehead atoms. The molecule has 20 heavy (non-hydrogen) atoms. The van der Waals surface area contributed by atoms with Crippen LogP contribution >= 0.6 is 11.8 Å². The van der Waals surface area contributed by atoms with Gasteiger partial charge in [0, 0.05) is 18.2 Å². The van der Waals surface area contributed by atoms with Crippen molar-refractivity contribution in [1.82, 2.24) is 15.0 Å². The van der Waals surface area contributed by atoms with Gasteiger partial charge in [-0.2, -0.15) is 0 Å². The maximum atomic E-state index is 5.46. The number of nitrogens with zero attached hydrogens (tertiary/aromatic N) is 3. The van der Waals surface area contributed by atoms with Crippen molar-refractivity contribution in [1.29, 1.82) is 0 Å². The number of hydrazine groups is 1. The first-order valence-corrected chi connectivity index (χ1v) is 7.40. The van der Waals surface area contributed by atoms with E-state index in [0.717, 1.165) is 34.4 Å². The van der Waals surface area contributed by atoms with E-state index in [4.69, 9.17) is 5.84 Å². The first kappa shape index (κ1) is 14.7. The lowest BCUT2D eigenvalue weighted by Crippen LogP contribution is -2.10. The summed E-state index contributed by atoms with van der Waals surface area (Å²) in [6.45, 7) is 6.16. The lowest BCUT2D eigenvalue weighted by Gasteiger charge is -2.07. The van der Waals surface area contributed by atoms with Crippen molar-refractivity contribution >= 4 is 17.6 Å². The van der Waals surface area contributed by atoms with Crippen molar-refractivity contribution in [2.45, 2.75) is 43.7 Å². The first-order chi connectivity index (χ1) is 9.60. The summed E-state index contributed by atoms with van der Waals surface area (Å²) in [5.74, 6) is 6.90. The van der Waals surface area contributed by atoms with Crippen LogP contribution in [0, 0.1) is 13.8 Å². The molecule has 2 aromatic rings. The number of hydrogen-bond acceptors (Lipinski definition) is 6. The van der Waals surface area contributed by atoms with Gasteiger partial charge in [0.1, 0.15) is 21.7 Å². The summed E-state index contributed by atoms with van der Waals surface area (Å²) in [6, 6.07) is 5.94. The molecule has 0 amide bonds. The molecule has 0 radical (unpaired) electrons. The second-order valence-electron chi connectivity index (χ2n) is 4.63. The maximum Gasteiger partial charge on any atom is 0.144 e. The van der Waals surface area contributed by atoms with Crippen LogP contribution in [0.1, 0.15) is 30.4 Å². The van der Waals surface area contributed by atoms with Crippen molar-refractivity contribution in [3.05, 3.63) is 35.3 Å². The number of anilines is 1. The van der Waals surface area contributed by atoms with Crippen LogP contribution in [0.2, 0.25) is 0 Å². The van der Waals surface area contributed by atoms with Gasteiger partial charge in [0.15, 0.2) is 0 Å². The molecule has 0 unspecified atom stereocenters. The minimum atomic E-state index is 0.635. The Labute approximate surface area is 123 Å². The number of nitrogens with two attached hydrogens (primary N) is 1. The van der Waals surface area contributed by atoms with Gasteiger partial charge in [0.25, 0.3) is 0 Å². The lowest BCUT2D eigenvalue weighted by atomic mass is 10.3. The highest BCUT2D eigenvalue weighted by atomic mass is 32.2.